The number of rotatable bonds is 4. The SMILES string of the molecule is CC(O)CNc1ccc(NC(=O)C(C)(C)C)cn1. The summed E-state index contributed by atoms with van der Waals surface area (Å²) in [7, 11) is 0. The van der Waals surface area contributed by atoms with Crippen LogP contribution in [0.5, 0.6) is 0 Å². The van der Waals surface area contributed by atoms with Crippen molar-refractivity contribution in [3.8, 4) is 0 Å². The van der Waals surface area contributed by atoms with E-state index in [-0.39, 0.29) is 5.91 Å². The van der Waals surface area contributed by atoms with Crippen LogP contribution in [0, 0.1) is 5.41 Å². The maximum Gasteiger partial charge on any atom is 0.229 e. The Morgan fingerprint density at radius 2 is 2.11 bits per heavy atom. The Labute approximate surface area is 108 Å². The van der Waals surface area contributed by atoms with Crippen molar-refractivity contribution in [1.82, 2.24) is 4.98 Å². The zero-order chi connectivity index (χ0) is 13.8. The van der Waals surface area contributed by atoms with Gasteiger partial charge in [0.05, 0.1) is 18.0 Å². The number of anilines is 2. The summed E-state index contributed by atoms with van der Waals surface area (Å²) in [6.45, 7) is 7.71. The Balaban J connectivity index is 2.58. The molecular weight excluding hydrogens is 230 g/mol. The molecule has 1 atom stereocenters. The van der Waals surface area contributed by atoms with Crippen molar-refractivity contribution in [2.45, 2.75) is 33.8 Å². The molecule has 18 heavy (non-hydrogen) atoms. The van der Waals surface area contributed by atoms with Gasteiger partial charge in [0.15, 0.2) is 0 Å². The molecule has 1 rings (SSSR count). The van der Waals surface area contributed by atoms with E-state index in [0.29, 0.717) is 18.1 Å². The van der Waals surface area contributed by atoms with Gasteiger partial charge in [-0.1, -0.05) is 20.8 Å². The smallest absolute Gasteiger partial charge is 0.229 e. The maximum absolute atomic E-state index is 11.7. The number of carbonyl (C=O) groups is 1. The van der Waals surface area contributed by atoms with Gasteiger partial charge in [0.2, 0.25) is 5.91 Å². The number of hydrogen-bond donors (Lipinski definition) is 3. The molecule has 0 radical (unpaired) electrons. The summed E-state index contributed by atoms with van der Waals surface area (Å²) in [5.74, 6) is 0.624. The molecule has 0 saturated heterocycles. The van der Waals surface area contributed by atoms with Gasteiger partial charge in [0.1, 0.15) is 5.82 Å². The van der Waals surface area contributed by atoms with Crippen molar-refractivity contribution in [1.29, 1.82) is 0 Å². The number of aliphatic hydroxyl groups excluding tert-OH is 1. The molecule has 0 aliphatic carbocycles. The molecule has 0 bridgehead atoms. The first-order valence-corrected chi connectivity index (χ1v) is 5.98. The quantitative estimate of drug-likeness (QED) is 0.763. The van der Waals surface area contributed by atoms with Crippen LogP contribution in [0.1, 0.15) is 27.7 Å². The number of amides is 1. The molecule has 0 saturated carbocycles. The van der Waals surface area contributed by atoms with Crippen LogP contribution in [0.25, 0.3) is 0 Å². The van der Waals surface area contributed by atoms with E-state index >= 15 is 0 Å². The third kappa shape index (κ3) is 4.71. The Morgan fingerprint density at radius 3 is 2.56 bits per heavy atom. The Kier molecular flexibility index (Phi) is 4.67. The van der Waals surface area contributed by atoms with Gasteiger partial charge in [0.25, 0.3) is 0 Å². The zero-order valence-electron chi connectivity index (χ0n) is 11.3. The van der Waals surface area contributed by atoms with Gasteiger partial charge < -0.3 is 15.7 Å². The predicted molar refractivity (Wildman–Crippen MR) is 72.5 cm³/mol. The summed E-state index contributed by atoms with van der Waals surface area (Å²) in [6.07, 6.45) is 1.17. The van der Waals surface area contributed by atoms with Crippen molar-refractivity contribution in [3.63, 3.8) is 0 Å². The molecule has 1 amide bonds. The number of nitrogens with one attached hydrogen (secondary N) is 2. The van der Waals surface area contributed by atoms with Crippen molar-refractivity contribution < 1.29 is 9.90 Å². The van der Waals surface area contributed by atoms with E-state index in [2.05, 4.69) is 15.6 Å². The highest BCUT2D eigenvalue weighted by Crippen LogP contribution is 2.17. The Morgan fingerprint density at radius 1 is 1.44 bits per heavy atom. The van der Waals surface area contributed by atoms with Gasteiger partial charge >= 0.3 is 0 Å². The lowest BCUT2D eigenvalue weighted by atomic mass is 9.96. The number of hydrogen-bond acceptors (Lipinski definition) is 4. The van der Waals surface area contributed by atoms with E-state index in [0.717, 1.165) is 0 Å². The molecule has 0 aromatic carbocycles. The van der Waals surface area contributed by atoms with Gasteiger partial charge in [-0.2, -0.15) is 0 Å². The van der Waals surface area contributed by atoms with E-state index in [1.54, 1.807) is 25.3 Å². The zero-order valence-corrected chi connectivity index (χ0v) is 11.3. The van der Waals surface area contributed by atoms with Gasteiger partial charge in [0, 0.05) is 12.0 Å². The number of carbonyl (C=O) groups excluding carboxylic acids is 1. The second kappa shape index (κ2) is 5.82. The third-order valence-electron chi connectivity index (χ3n) is 2.28. The van der Waals surface area contributed by atoms with Crippen LogP contribution in [0.4, 0.5) is 11.5 Å². The monoisotopic (exact) mass is 251 g/mol. The highest BCUT2D eigenvalue weighted by Gasteiger charge is 2.21. The Bertz CT molecular complexity index is 394. The molecule has 1 heterocycles. The lowest BCUT2D eigenvalue weighted by molar-refractivity contribution is -0.123. The number of nitrogens with zero attached hydrogens (tertiary/aromatic N) is 1. The van der Waals surface area contributed by atoms with Gasteiger partial charge in [-0.05, 0) is 19.1 Å². The lowest BCUT2D eigenvalue weighted by Gasteiger charge is -2.17. The summed E-state index contributed by atoms with van der Waals surface area (Å²) in [5, 5.41) is 14.9. The fraction of sp³-hybridized carbons (Fsp3) is 0.538. The fourth-order valence-electron chi connectivity index (χ4n) is 1.14. The largest absolute Gasteiger partial charge is 0.392 e. The predicted octanol–water partition coefficient (Wildman–Crippen LogP) is 1.86. The van der Waals surface area contributed by atoms with Crippen molar-refractivity contribution >= 4 is 17.4 Å². The first-order valence-electron chi connectivity index (χ1n) is 5.98. The highest BCUT2D eigenvalue weighted by atomic mass is 16.3. The fourth-order valence-corrected chi connectivity index (χ4v) is 1.14. The number of pyridine rings is 1. The molecule has 0 fully saturated rings. The van der Waals surface area contributed by atoms with Crippen molar-refractivity contribution in [2.24, 2.45) is 5.41 Å². The summed E-state index contributed by atoms with van der Waals surface area (Å²) >= 11 is 0. The molecule has 1 unspecified atom stereocenters. The first kappa shape index (κ1) is 14.4. The normalized spacial score (nSPS) is 12.9. The molecule has 0 spiro atoms. The minimum absolute atomic E-state index is 0.0472. The van der Waals surface area contributed by atoms with E-state index < -0.39 is 11.5 Å². The van der Waals surface area contributed by atoms with Crippen LogP contribution in [0.3, 0.4) is 0 Å². The molecule has 5 heteroatoms. The Hall–Kier alpha value is -1.62. The molecule has 0 aliphatic rings. The van der Waals surface area contributed by atoms with Crippen LogP contribution in [0.15, 0.2) is 18.3 Å². The van der Waals surface area contributed by atoms with E-state index in [4.69, 9.17) is 5.11 Å². The lowest BCUT2D eigenvalue weighted by Crippen LogP contribution is -2.27. The minimum atomic E-state index is -0.427. The average Bonchev–Trinajstić information content (AvgIpc) is 2.26. The first-order chi connectivity index (χ1) is 8.29. The molecule has 100 valence electrons. The molecular formula is C13H21N3O2. The summed E-state index contributed by atoms with van der Waals surface area (Å²) in [5.41, 5.74) is 0.237. The van der Waals surface area contributed by atoms with Gasteiger partial charge in [-0.3, -0.25) is 4.79 Å². The summed E-state index contributed by atoms with van der Waals surface area (Å²) in [6, 6.07) is 3.54. The molecule has 1 aromatic heterocycles. The molecule has 1 aromatic rings. The standard InChI is InChI=1S/C13H21N3O2/c1-9(17)7-14-11-6-5-10(8-15-11)16-12(18)13(2,3)4/h5-6,8-9,17H,7H2,1-4H3,(H,14,15)(H,16,18). The van der Waals surface area contributed by atoms with Gasteiger partial charge in [-0.15, -0.1) is 0 Å². The van der Waals surface area contributed by atoms with Crippen LogP contribution in [-0.2, 0) is 4.79 Å². The van der Waals surface area contributed by atoms with Gasteiger partial charge in [-0.25, -0.2) is 4.98 Å². The number of aromatic nitrogens is 1. The second-order valence-corrected chi connectivity index (χ2v) is 5.37. The van der Waals surface area contributed by atoms with E-state index in [1.807, 2.05) is 20.8 Å². The topological polar surface area (TPSA) is 74.2 Å². The average molecular weight is 251 g/mol. The van der Waals surface area contributed by atoms with Crippen LogP contribution >= 0.6 is 0 Å². The van der Waals surface area contributed by atoms with E-state index in [9.17, 15) is 4.79 Å². The molecule has 0 aliphatic heterocycles. The minimum Gasteiger partial charge on any atom is -0.392 e. The third-order valence-corrected chi connectivity index (χ3v) is 2.28. The van der Waals surface area contributed by atoms with Crippen LogP contribution in [0.2, 0.25) is 0 Å². The number of aliphatic hydroxyl groups is 1. The van der Waals surface area contributed by atoms with E-state index in [1.165, 1.54) is 0 Å². The summed E-state index contributed by atoms with van der Waals surface area (Å²) in [4.78, 5) is 15.9. The maximum atomic E-state index is 11.7. The van der Waals surface area contributed by atoms with Crippen LogP contribution in [-0.4, -0.2) is 28.6 Å². The van der Waals surface area contributed by atoms with Crippen molar-refractivity contribution in [3.05, 3.63) is 18.3 Å². The molecule has 3 N–H and O–H groups in total. The van der Waals surface area contributed by atoms with Crippen LogP contribution < -0.4 is 10.6 Å². The summed E-state index contributed by atoms with van der Waals surface area (Å²) < 4.78 is 0. The second-order valence-electron chi connectivity index (χ2n) is 5.37. The highest BCUT2D eigenvalue weighted by molar-refractivity contribution is 5.94. The van der Waals surface area contributed by atoms with Crippen molar-refractivity contribution in [2.75, 3.05) is 17.2 Å². The molecule has 5 nitrogen and oxygen atoms in total.